The fourth-order valence-electron chi connectivity index (χ4n) is 1.44. The van der Waals surface area contributed by atoms with Crippen LogP contribution in [0, 0.1) is 17.8 Å². The molecule has 0 radical (unpaired) electrons. The Morgan fingerprint density at radius 3 is 2.58 bits per heavy atom. The van der Waals surface area contributed by atoms with Crippen molar-refractivity contribution in [3.63, 3.8) is 0 Å². The van der Waals surface area contributed by atoms with Crippen LogP contribution in [-0.4, -0.2) is 25.7 Å². The molecular weight excluding hydrogens is 259 g/mol. The lowest BCUT2D eigenvalue weighted by Crippen LogP contribution is -2.15. The number of carbonyl (C=O) groups is 1. The number of benzene rings is 1. The monoisotopic (exact) mass is 278 g/mol. The Hall–Kier alpha value is -1.36. The smallest absolute Gasteiger partial charge is 0.207 e. The van der Waals surface area contributed by atoms with Gasteiger partial charge in [0.25, 0.3) is 0 Å². The summed E-state index contributed by atoms with van der Waals surface area (Å²) in [6.45, 7) is 3.28. The molecule has 0 aromatic heterocycles. The first kappa shape index (κ1) is 15.7. The molecule has 19 heavy (non-hydrogen) atoms. The van der Waals surface area contributed by atoms with Crippen molar-refractivity contribution in [2.75, 3.05) is 19.9 Å². The summed E-state index contributed by atoms with van der Waals surface area (Å²) in [6.07, 6.45) is 0.453. The van der Waals surface area contributed by atoms with E-state index in [0.717, 1.165) is 5.56 Å². The van der Waals surface area contributed by atoms with E-state index in [2.05, 4.69) is 11.8 Å². The first-order valence-electron chi connectivity index (χ1n) is 6.13. The van der Waals surface area contributed by atoms with Crippen LogP contribution in [0.3, 0.4) is 0 Å². The number of hydrogen-bond acceptors (Lipinski definition) is 3. The Balaban J connectivity index is 2.52. The van der Waals surface area contributed by atoms with E-state index in [4.69, 9.17) is 4.52 Å². The molecule has 102 valence electrons. The van der Waals surface area contributed by atoms with Crippen LogP contribution in [0.25, 0.3) is 0 Å². The number of ketones is 1. The van der Waals surface area contributed by atoms with E-state index in [1.54, 1.807) is 6.92 Å². The van der Waals surface area contributed by atoms with Gasteiger partial charge < -0.3 is 4.52 Å². The molecule has 0 saturated carbocycles. The second-order valence-electron chi connectivity index (χ2n) is 4.59. The highest BCUT2D eigenvalue weighted by molar-refractivity contribution is 7.59. The molecular formula is C15H19O3P. The van der Waals surface area contributed by atoms with Gasteiger partial charge in [0, 0.05) is 31.7 Å². The van der Waals surface area contributed by atoms with E-state index in [9.17, 15) is 9.36 Å². The van der Waals surface area contributed by atoms with Gasteiger partial charge in [-0.1, -0.05) is 37.0 Å². The topological polar surface area (TPSA) is 43.4 Å². The van der Waals surface area contributed by atoms with Crippen LogP contribution in [-0.2, 0) is 13.9 Å². The summed E-state index contributed by atoms with van der Waals surface area (Å²) in [6, 6.07) is 9.62. The summed E-state index contributed by atoms with van der Waals surface area (Å²) < 4.78 is 16.5. The average molecular weight is 278 g/mol. The first-order chi connectivity index (χ1) is 8.94. The molecule has 0 fully saturated rings. The van der Waals surface area contributed by atoms with E-state index in [-0.39, 0.29) is 17.9 Å². The van der Waals surface area contributed by atoms with E-state index >= 15 is 0 Å². The SMILES string of the molecule is COP(C)(=O)CC(=O)C(C)CC#Cc1ccccc1. The summed E-state index contributed by atoms with van der Waals surface area (Å²) in [5, 5.41) is 0. The van der Waals surface area contributed by atoms with Gasteiger partial charge in [0.2, 0.25) is 7.37 Å². The predicted molar refractivity (Wildman–Crippen MR) is 77.5 cm³/mol. The zero-order valence-corrected chi connectivity index (χ0v) is 12.4. The zero-order valence-electron chi connectivity index (χ0n) is 11.6. The lowest BCUT2D eigenvalue weighted by Gasteiger charge is -2.12. The fourth-order valence-corrected chi connectivity index (χ4v) is 2.45. The lowest BCUT2D eigenvalue weighted by atomic mass is 10.0. The van der Waals surface area contributed by atoms with Crippen LogP contribution in [0.4, 0.5) is 0 Å². The van der Waals surface area contributed by atoms with Crippen LogP contribution in [0.5, 0.6) is 0 Å². The number of Topliss-reactive ketones (excluding diaryl/α,β-unsaturated/α-hetero) is 1. The maximum absolute atomic E-state index is 11.8. The van der Waals surface area contributed by atoms with E-state index in [1.165, 1.54) is 13.8 Å². The highest BCUT2D eigenvalue weighted by Gasteiger charge is 2.22. The Morgan fingerprint density at radius 1 is 1.37 bits per heavy atom. The van der Waals surface area contributed by atoms with Crippen molar-refractivity contribution in [3.8, 4) is 11.8 Å². The molecule has 0 aliphatic rings. The number of hydrogen-bond donors (Lipinski definition) is 0. The molecule has 0 amide bonds. The first-order valence-corrected chi connectivity index (χ1v) is 8.39. The second kappa shape index (κ2) is 7.28. The molecule has 3 nitrogen and oxygen atoms in total. The van der Waals surface area contributed by atoms with Crippen LogP contribution in [0.1, 0.15) is 18.9 Å². The van der Waals surface area contributed by atoms with Crippen molar-refractivity contribution in [3.05, 3.63) is 35.9 Å². The van der Waals surface area contributed by atoms with Crippen molar-refractivity contribution in [2.24, 2.45) is 5.92 Å². The van der Waals surface area contributed by atoms with Crippen molar-refractivity contribution < 1.29 is 13.9 Å². The van der Waals surface area contributed by atoms with Crippen molar-refractivity contribution in [1.29, 1.82) is 0 Å². The summed E-state index contributed by atoms with van der Waals surface area (Å²) >= 11 is 0. The predicted octanol–water partition coefficient (Wildman–Crippen LogP) is 3.19. The van der Waals surface area contributed by atoms with E-state index in [0.29, 0.717) is 6.42 Å². The van der Waals surface area contributed by atoms with Gasteiger partial charge in [0.05, 0.1) is 6.16 Å². The van der Waals surface area contributed by atoms with Gasteiger partial charge in [0.1, 0.15) is 5.78 Å². The third-order valence-corrected chi connectivity index (χ3v) is 4.45. The maximum atomic E-state index is 11.8. The Bertz CT molecular complexity index is 525. The standard InChI is InChI=1S/C15H19O3P/c1-13(15(16)12-19(3,17)18-2)8-7-11-14-9-5-4-6-10-14/h4-6,9-10,13H,8,12H2,1-3H3. The van der Waals surface area contributed by atoms with Gasteiger partial charge in [0.15, 0.2) is 0 Å². The van der Waals surface area contributed by atoms with Crippen molar-refractivity contribution in [2.45, 2.75) is 13.3 Å². The van der Waals surface area contributed by atoms with Gasteiger partial charge in [-0.25, -0.2) is 0 Å². The number of carbonyl (C=O) groups excluding carboxylic acids is 1. The summed E-state index contributed by atoms with van der Waals surface area (Å²) in [5.41, 5.74) is 0.931. The molecule has 0 aliphatic carbocycles. The van der Waals surface area contributed by atoms with E-state index in [1.807, 2.05) is 30.3 Å². The van der Waals surface area contributed by atoms with Gasteiger partial charge in [-0.2, -0.15) is 0 Å². The largest absolute Gasteiger partial charge is 0.332 e. The van der Waals surface area contributed by atoms with Gasteiger partial charge >= 0.3 is 0 Å². The van der Waals surface area contributed by atoms with Crippen molar-refractivity contribution in [1.82, 2.24) is 0 Å². The van der Waals surface area contributed by atoms with Crippen LogP contribution >= 0.6 is 7.37 Å². The second-order valence-corrected chi connectivity index (χ2v) is 7.30. The Kier molecular flexibility index (Phi) is 6.02. The average Bonchev–Trinajstić information content (AvgIpc) is 2.39. The summed E-state index contributed by atoms with van der Waals surface area (Å²) in [4.78, 5) is 11.8. The molecule has 1 aromatic rings. The molecule has 0 saturated heterocycles. The molecule has 0 N–H and O–H groups in total. The molecule has 0 spiro atoms. The highest BCUT2D eigenvalue weighted by Crippen LogP contribution is 2.41. The van der Waals surface area contributed by atoms with Crippen LogP contribution < -0.4 is 0 Å². The molecule has 2 atom stereocenters. The fraction of sp³-hybridized carbons (Fsp3) is 0.400. The minimum Gasteiger partial charge on any atom is -0.332 e. The molecule has 0 aliphatic heterocycles. The van der Waals surface area contributed by atoms with Gasteiger partial charge in [-0.3, -0.25) is 9.36 Å². The third kappa shape index (κ3) is 5.87. The molecule has 1 aromatic carbocycles. The van der Waals surface area contributed by atoms with Gasteiger partial charge in [-0.15, -0.1) is 0 Å². The molecule has 2 unspecified atom stereocenters. The lowest BCUT2D eigenvalue weighted by molar-refractivity contribution is -0.119. The molecule has 4 heteroatoms. The normalized spacial score (nSPS) is 14.9. The molecule has 1 rings (SSSR count). The van der Waals surface area contributed by atoms with Crippen LogP contribution in [0.15, 0.2) is 30.3 Å². The molecule has 0 bridgehead atoms. The third-order valence-electron chi connectivity index (χ3n) is 2.79. The zero-order chi connectivity index (χ0) is 14.3. The van der Waals surface area contributed by atoms with Crippen molar-refractivity contribution >= 4 is 13.2 Å². The Labute approximate surface area is 114 Å². The Morgan fingerprint density at radius 2 is 2.00 bits per heavy atom. The van der Waals surface area contributed by atoms with Crippen LogP contribution in [0.2, 0.25) is 0 Å². The minimum absolute atomic E-state index is 0.0162. The summed E-state index contributed by atoms with van der Waals surface area (Å²) in [5.74, 6) is 5.71. The minimum atomic E-state index is -2.77. The van der Waals surface area contributed by atoms with Gasteiger partial charge in [-0.05, 0) is 12.1 Å². The number of rotatable bonds is 5. The highest BCUT2D eigenvalue weighted by atomic mass is 31.2. The quantitative estimate of drug-likeness (QED) is 0.613. The maximum Gasteiger partial charge on any atom is 0.207 e. The summed E-state index contributed by atoms with van der Waals surface area (Å²) in [7, 11) is -1.40. The van der Waals surface area contributed by atoms with E-state index < -0.39 is 7.37 Å². The molecule has 0 heterocycles.